The molecule has 4 rings (SSSR count). The molecule has 4 heterocycles. The molecule has 8 heteroatoms. The first-order chi connectivity index (χ1) is 16.7. The number of aliphatic hydroxyl groups excluding tert-OH is 1. The van der Waals surface area contributed by atoms with E-state index in [4.69, 9.17) is 9.47 Å². The summed E-state index contributed by atoms with van der Waals surface area (Å²) in [5.74, 6) is -2.82. The molecule has 8 nitrogen and oxygen atoms in total. The van der Waals surface area contributed by atoms with Gasteiger partial charge in [-0.2, -0.15) is 0 Å². The molecule has 0 bridgehead atoms. The van der Waals surface area contributed by atoms with Crippen LogP contribution in [0.3, 0.4) is 0 Å². The van der Waals surface area contributed by atoms with E-state index in [1.807, 2.05) is 50.0 Å². The normalized spacial score (nSPS) is 37.1. The fraction of sp³-hybridized carbons (Fsp3) is 0.741. The maximum absolute atomic E-state index is 14.3. The Labute approximate surface area is 208 Å². The summed E-state index contributed by atoms with van der Waals surface area (Å²) in [6.07, 6.45) is 10.6. The molecule has 4 aliphatic rings. The molecule has 0 aromatic heterocycles. The van der Waals surface area contributed by atoms with E-state index in [1.165, 1.54) is 0 Å². The Morgan fingerprint density at radius 1 is 1.11 bits per heavy atom. The molecular weight excluding hydrogens is 448 g/mol. The maximum atomic E-state index is 14.3. The van der Waals surface area contributed by atoms with Crippen molar-refractivity contribution >= 4 is 17.8 Å². The van der Waals surface area contributed by atoms with E-state index in [1.54, 1.807) is 11.8 Å². The minimum atomic E-state index is -1.32. The van der Waals surface area contributed by atoms with Crippen LogP contribution in [0, 0.1) is 17.8 Å². The summed E-state index contributed by atoms with van der Waals surface area (Å²) in [5, 5.41) is 10.4. The monoisotopic (exact) mass is 488 g/mol. The first kappa shape index (κ1) is 25.9. The minimum Gasteiger partial charge on any atom is -0.465 e. The van der Waals surface area contributed by atoms with E-state index in [0.29, 0.717) is 13.0 Å². The SMILES string of the molecule is CCCC(C)N1CC=C[C@]23O[C@@]4(C)C=CCCOC(=O)[C@H]4[C@H]2C(=O)N([C@@H](CO)[C@@H](C)CC)C3C1=O. The van der Waals surface area contributed by atoms with Gasteiger partial charge in [0.1, 0.15) is 17.6 Å². The molecule has 0 aliphatic carbocycles. The molecule has 35 heavy (non-hydrogen) atoms. The van der Waals surface area contributed by atoms with Crippen LogP contribution < -0.4 is 0 Å². The van der Waals surface area contributed by atoms with Crippen LogP contribution in [0.15, 0.2) is 24.3 Å². The van der Waals surface area contributed by atoms with Gasteiger partial charge in [0.15, 0.2) is 0 Å². The first-order valence-corrected chi connectivity index (χ1v) is 13.1. The van der Waals surface area contributed by atoms with E-state index in [2.05, 4.69) is 6.92 Å². The zero-order valence-corrected chi connectivity index (χ0v) is 21.6. The molecule has 2 unspecified atom stereocenters. The predicted octanol–water partition coefficient (Wildman–Crippen LogP) is 2.45. The zero-order chi connectivity index (χ0) is 25.5. The summed E-state index contributed by atoms with van der Waals surface area (Å²) in [5.41, 5.74) is -2.40. The quantitative estimate of drug-likeness (QED) is 0.437. The number of carbonyl (C=O) groups is 3. The lowest BCUT2D eigenvalue weighted by atomic mass is 9.74. The smallest absolute Gasteiger partial charge is 0.313 e. The van der Waals surface area contributed by atoms with Crippen LogP contribution >= 0.6 is 0 Å². The number of hydrogen-bond donors (Lipinski definition) is 1. The molecule has 0 aromatic carbocycles. The van der Waals surface area contributed by atoms with Gasteiger partial charge in [0.2, 0.25) is 11.8 Å². The lowest BCUT2D eigenvalue weighted by molar-refractivity contribution is -0.163. The molecule has 4 aliphatic heterocycles. The van der Waals surface area contributed by atoms with Crippen LogP contribution in [0.1, 0.15) is 60.3 Å². The molecule has 8 atom stereocenters. The molecule has 2 fully saturated rings. The van der Waals surface area contributed by atoms with Crippen molar-refractivity contribution in [3.8, 4) is 0 Å². The summed E-state index contributed by atoms with van der Waals surface area (Å²) in [4.78, 5) is 45.2. The zero-order valence-electron chi connectivity index (χ0n) is 21.6. The van der Waals surface area contributed by atoms with Crippen LogP contribution in [0.2, 0.25) is 0 Å². The Morgan fingerprint density at radius 2 is 1.86 bits per heavy atom. The van der Waals surface area contributed by atoms with Gasteiger partial charge in [-0.25, -0.2) is 0 Å². The van der Waals surface area contributed by atoms with Gasteiger partial charge in [-0.3, -0.25) is 14.4 Å². The third-order valence-corrected chi connectivity index (χ3v) is 8.57. The predicted molar refractivity (Wildman–Crippen MR) is 130 cm³/mol. The van der Waals surface area contributed by atoms with E-state index in [-0.39, 0.29) is 37.0 Å². The number of rotatable bonds is 7. The number of ether oxygens (including phenoxy) is 2. The number of carbonyl (C=O) groups excluding carboxylic acids is 3. The number of nitrogens with zero attached hydrogens (tertiary/aromatic N) is 2. The van der Waals surface area contributed by atoms with Crippen LogP contribution in [-0.4, -0.2) is 81.8 Å². The topological polar surface area (TPSA) is 96.4 Å². The highest BCUT2D eigenvalue weighted by Crippen LogP contribution is 2.58. The highest BCUT2D eigenvalue weighted by molar-refractivity contribution is 5.99. The van der Waals surface area contributed by atoms with Crippen molar-refractivity contribution in [1.82, 2.24) is 9.80 Å². The van der Waals surface area contributed by atoms with Gasteiger partial charge in [-0.1, -0.05) is 57.9 Å². The summed E-state index contributed by atoms with van der Waals surface area (Å²) in [6, 6.07) is -1.54. The summed E-state index contributed by atoms with van der Waals surface area (Å²) < 4.78 is 12.3. The number of cyclic esters (lactones) is 1. The van der Waals surface area contributed by atoms with E-state index in [0.717, 1.165) is 19.3 Å². The summed E-state index contributed by atoms with van der Waals surface area (Å²) in [7, 11) is 0. The van der Waals surface area contributed by atoms with Gasteiger partial charge >= 0.3 is 5.97 Å². The Bertz CT molecular complexity index is 917. The molecule has 0 radical (unpaired) electrons. The van der Waals surface area contributed by atoms with Crippen molar-refractivity contribution in [3.63, 3.8) is 0 Å². The summed E-state index contributed by atoms with van der Waals surface area (Å²) in [6.45, 7) is 10.3. The Balaban J connectivity index is 1.90. The third kappa shape index (κ3) is 3.93. The molecule has 2 saturated heterocycles. The lowest BCUT2D eigenvalue weighted by Crippen LogP contribution is -2.60. The second-order valence-electron chi connectivity index (χ2n) is 10.8. The molecule has 0 aromatic rings. The van der Waals surface area contributed by atoms with Crippen molar-refractivity contribution in [3.05, 3.63) is 24.3 Å². The number of esters is 1. The lowest BCUT2D eigenvalue weighted by Gasteiger charge is -2.42. The molecule has 2 amide bonds. The number of hydrogen-bond acceptors (Lipinski definition) is 6. The van der Waals surface area contributed by atoms with Gasteiger partial charge in [-0.05, 0) is 32.6 Å². The van der Waals surface area contributed by atoms with E-state index >= 15 is 0 Å². The van der Waals surface area contributed by atoms with Gasteiger partial charge in [0.05, 0.1) is 30.8 Å². The van der Waals surface area contributed by atoms with Crippen molar-refractivity contribution in [1.29, 1.82) is 0 Å². The third-order valence-electron chi connectivity index (χ3n) is 8.57. The fourth-order valence-corrected chi connectivity index (χ4v) is 6.59. The second-order valence-corrected chi connectivity index (χ2v) is 10.8. The Hall–Kier alpha value is -2.19. The van der Waals surface area contributed by atoms with Gasteiger partial charge in [0.25, 0.3) is 0 Å². The minimum absolute atomic E-state index is 0.0185. The fourth-order valence-electron chi connectivity index (χ4n) is 6.59. The largest absolute Gasteiger partial charge is 0.465 e. The van der Waals surface area contributed by atoms with Crippen molar-refractivity contribution in [2.75, 3.05) is 19.8 Å². The molecule has 1 N–H and O–H groups in total. The van der Waals surface area contributed by atoms with Gasteiger partial charge in [0, 0.05) is 12.6 Å². The van der Waals surface area contributed by atoms with Crippen LogP contribution in [0.5, 0.6) is 0 Å². The number of amides is 2. The number of aliphatic hydroxyl groups is 1. The molecule has 194 valence electrons. The summed E-state index contributed by atoms with van der Waals surface area (Å²) >= 11 is 0. The van der Waals surface area contributed by atoms with Gasteiger partial charge in [-0.15, -0.1) is 0 Å². The Morgan fingerprint density at radius 3 is 2.51 bits per heavy atom. The average molecular weight is 489 g/mol. The number of likely N-dealkylation sites (tertiary alicyclic amines) is 1. The average Bonchev–Trinajstić information content (AvgIpc) is 3.13. The van der Waals surface area contributed by atoms with Crippen LogP contribution in [-0.2, 0) is 23.9 Å². The molecular formula is C27H40N2O6. The second kappa shape index (κ2) is 9.69. The molecule has 1 spiro atoms. The van der Waals surface area contributed by atoms with Crippen molar-refractivity contribution in [2.24, 2.45) is 17.8 Å². The maximum Gasteiger partial charge on any atom is 0.313 e. The van der Waals surface area contributed by atoms with E-state index < -0.39 is 41.1 Å². The molecule has 0 saturated carbocycles. The number of fused-ring (bicyclic) bond motifs is 2. The van der Waals surface area contributed by atoms with Crippen LogP contribution in [0.4, 0.5) is 0 Å². The van der Waals surface area contributed by atoms with Crippen molar-refractivity contribution < 1.29 is 29.0 Å². The highest BCUT2D eigenvalue weighted by atomic mass is 16.6. The standard InChI is InChI=1S/C27H40N2O6/c1-6-11-18(4)28-14-10-13-27-20(21-25(33)34-15-9-8-12-26(21,5)35-27)23(31)29(22(27)24(28)32)19(16-30)17(3)7-2/h8,10,12-13,17-22,30H,6-7,9,11,14-16H2,1-5H3/t17-,18?,19-,20-,21+,22?,26-,27-/m0/s1. The van der Waals surface area contributed by atoms with Gasteiger partial charge < -0.3 is 24.4 Å². The highest BCUT2D eigenvalue weighted by Gasteiger charge is 2.75. The van der Waals surface area contributed by atoms with Crippen LogP contribution in [0.25, 0.3) is 0 Å². The first-order valence-electron chi connectivity index (χ1n) is 13.1. The van der Waals surface area contributed by atoms with Crippen molar-refractivity contribution in [2.45, 2.75) is 89.6 Å². The van der Waals surface area contributed by atoms with E-state index in [9.17, 15) is 19.5 Å². The Kier molecular flexibility index (Phi) is 7.17.